The number of aliphatic carboxylic acids is 1. The highest BCUT2D eigenvalue weighted by atomic mass is 32.1. The number of nitrogens with zero attached hydrogens (tertiary/aromatic N) is 4. The molecule has 4 rings (SSSR count). The summed E-state index contributed by atoms with van der Waals surface area (Å²) in [6, 6.07) is 9.51. The summed E-state index contributed by atoms with van der Waals surface area (Å²) >= 11 is 1.39. The van der Waals surface area contributed by atoms with Crippen molar-refractivity contribution in [2.24, 2.45) is 0 Å². The minimum atomic E-state index is -0.882. The van der Waals surface area contributed by atoms with E-state index in [1.807, 2.05) is 36.5 Å². The van der Waals surface area contributed by atoms with E-state index in [9.17, 15) is 9.59 Å². The predicted molar refractivity (Wildman–Crippen MR) is 101 cm³/mol. The monoisotopic (exact) mass is 382 g/mol. The summed E-state index contributed by atoms with van der Waals surface area (Å²) in [7, 11) is 0. The second kappa shape index (κ2) is 7.32. The van der Waals surface area contributed by atoms with Crippen LogP contribution in [0.2, 0.25) is 0 Å². The number of hydrogen-bond donors (Lipinski definition) is 1. The molecule has 1 amide bonds. The van der Waals surface area contributed by atoms with Crippen LogP contribution in [0, 0.1) is 0 Å². The predicted octanol–water partition coefficient (Wildman–Crippen LogP) is 3.08. The molecular weight excluding hydrogens is 364 g/mol. The Morgan fingerprint density at radius 2 is 2.07 bits per heavy atom. The highest BCUT2D eigenvalue weighted by Crippen LogP contribution is 2.27. The van der Waals surface area contributed by atoms with E-state index in [0.29, 0.717) is 12.2 Å². The Hall–Kier alpha value is -3.00. The number of rotatable bonds is 5. The number of benzene rings is 1. The van der Waals surface area contributed by atoms with E-state index in [0.717, 1.165) is 29.1 Å². The van der Waals surface area contributed by atoms with Gasteiger partial charge in [-0.2, -0.15) is 5.10 Å². The molecule has 0 saturated carbocycles. The standard InChI is InChI=1S/C19H18N4O3S/c24-17(25)9-15-7-4-8-22(15)19(26)16-12-27-18(21-16)13-10-20-23(11-13)14-5-2-1-3-6-14/h1-3,5-6,10-12,15H,4,7-9H2,(H,24,25). The fourth-order valence-corrected chi connectivity index (χ4v) is 4.09. The van der Waals surface area contributed by atoms with Gasteiger partial charge in [-0.1, -0.05) is 18.2 Å². The number of thiazole rings is 1. The summed E-state index contributed by atoms with van der Waals surface area (Å²) in [4.78, 5) is 29.9. The number of amides is 1. The molecule has 1 atom stereocenters. The van der Waals surface area contributed by atoms with Crippen LogP contribution in [0.5, 0.6) is 0 Å². The lowest BCUT2D eigenvalue weighted by Crippen LogP contribution is -2.37. The van der Waals surface area contributed by atoms with Crippen LogP contribution >= 0.6 is 11.3 Å². The summed E-state index contributed by atoms with van der Waals surface area (Å²) in [5.74, 6) is -1.08. The molecule has 0 bridgehead atoms. The quantitative estimate of drug-likeness (QED) is 0.733. The molecule has 1 aliphatic rings. The van der Waals surface area contributed by atoms with E-state index < -0.39 is 5.97 Å². The van der Waals surface area contributed by atoms with Crippen LogP contribution in [0.15, 0.2) is 48.1 Å². The maximum atomic E-state index is 12.8. The maximum absolute atomic E-state index is 12.8. The highest BCUT2D eigenvalue weighted by molar-refractivity contribution is 7.13. The van der Waals surface area contributed by atoms with Gasteiger partial charge in [0.05, 0.1) is 18.3 Å². The SMILES string of the molecule is O=C(O)CC1CCCN1C(=O)c1csc(-c2cnn(-c3ccccc3)c2)n1. The van der Waals surface area contributed by atoms with Gasteiger partial charge in [0.2, 0.25) is 0 Å². The molecule has 1 unspecified atom stereocenters. The molecule has 1 aliphatic heterocycles. The third-order valence-electron chi connectivity index (χ3n) is 4.62. The van der Waals surface area contributed by atoms with Crippen molar-refractivity contribution in [3.8, 4) is 16.3 Å². The van der Waals surface area contributed by atoms with Crippen LogP contribution in [0.1, 0.15) is 29.8 Å². The Balaban J connectivity index is 1.53. The van der Waals surface area contributed by atoms with Gasteiger partial charge in [0, 0.05) is 29.7 Å². The minimum Gasteiger partial charge on any atom is -0.481 e. The number of carbonyl (C=O) groups excluding carboxylic acids is 1. The molecule has 3 aromatic rings. The topological polar surface area (TPSA) is 88.3 Å². The Bertz CT molecular complexity index is 966. The Morgan fingerprint density at radius 1 is 1.26 bits per heavy atom. The number of hydrogen-bond acceptors (Lipinski definition) is 5. The third kappa shape index (κ3) is 3.61. The summed E-state index contributed by atoms with van der Waals surface area (Å²) < 4.78 is 1.77. The maximum Gasteiger partial charge on any atom is 0.305 e. The van der Waals surface area contributed by atoms with Crippen molar-refractivity contribution in [3.63, 3.8) is 0 Å². The number of likely N-dealkylation sites (tertiary alicyclic amines) is 1. The molecule has 138 valence electrons. The van der Waals surface area contributed by atoms with Gasteiger partial charge in [-0.05, 0) is 25.0 Å². The Kier molecular flexibility index (Phi) is 4.72. The first-order valence-corrected chi connectivity index (χ1v) is 9.58. The van der Waals surface area contributed by atoms with Crippen LogP contribution < -0.4 is 0 Å². The molecule has 1 saturated heterocycles. The first kappa shape index (κ1) is 17.4. The zero-order valence-electron chi connectivity index (χ0n) is 14.5. The van der Waals surface area contributed by atoms with Gasteiger partial charge < -0.3 is 10.0 Å². The van der Waals surface area contributed by atoms with Crippen LogP contribution in [0.4, 0.5) is 0 Å². The molecule has 27 heavy (non-hydrogen) atoms. The lowest BCUT2D eigenvalue weighted by molar-refractivity contribution is -0.137. The molecule has 1 N–H and O–H groups in total. The summed E-state index contributed by atoms with van der Waals surface area (Å²) in [5.41, 5.74) is 2.15. The van der Waals surface area contributed by atoms with Crippen molar-refractivity contribution < 1.29 is 14.7 Å². The third-order valence-corrected chi connectivity index (χ3v) is 5.51. The molecule has 0 radical (unpaired) electrons. The summed E-state index contributed by atoms with van der Waals surface area (Å²) in [6.07, 6.45) is 5.13. The van der Waals surface area contributed by atoms with Crippen LogP contribution in [-0.2, 0) is 4.79 Å². The van der Waals surface area contributed by atoms with Gasteiger partial charge in [-0.15, -0.1) is 11.3 Å². The molecule has 0 spiro atoms. The van der Waals surface area contributed by atoms with E-state index >= 15 is 0 Å². The van der Waals surface area contributed by atoms with Gasteiger partial charge >= 0.3 is 5.97 Å². The minimum absolute atomic E-state index is 0.0212. The number of carboxylic acids is 1. The van der Waals surface area contributed by atoms with Crippen molar-refractivity contribution in [1.29, 1.82) is 0 Å². The van der Waals surface area contributed by atoms with Crippen molar-refractivity contribution in [2.45, 2.75) is 25.3 Å². The molecule has 1 aromatic carbocycles. The second-order valence-electron chi connectivity index (χ2n) is 6.44. The van der Waals surface area contributed by atoms with Crippen molar-refractivity contribution >= 4 is 23.2 Å². The lowest BCUT2D eigenvalue weighted by atomic mass is 10.1. The lowest BCUT2D eigenvalue weighted by Gasteiger charge is -2.22. The molecule has 3 heterocycles. The molecule has 2 aromatic heterocycles. The number of carboxylic acid groups (broad SMARTS) is 1. The molecule has 0 aliphatic carbocycles. The van der Waals surface area contributed by atoms with E-state index in [1.54, 1.807) is 21.2 Å². The van der Waals surface area contributed by atoms with Gasteiger partial charge in [-0.25, -0.2) is 9.67 Å². The molecule has 7 nitrogen and oxygen atoms in total. The fourth-order valence-electron chi connectivity index (χ4n) is 3.32. The first-order chi connectivity index (χ1) is 13.1. The Labute approximate surface area is 159 Å². The summed E-state index contributed by atoms with van der Waals surface area (Å²) in [5, 5.41) is 15.8. The molecule has 1 fully saturated rings. The average Bonchev–Trinajstić information content (AvgIpc) is 3.41. The largest absolute Gasteiger partial charge is 0.481 e. The fraction of sp³-hybridized carbons (Fsp3) is 0.263. The van der Waals surface area contributed by atoms with E-state index in [4.69, 9.17) is 5.11 Å². The number of carbonyl (C=O) groups is 2. The van der Waals surface area contributed by atoms with Crippen molar-refractivity contribution in [1.82, 2.24) is 19.7 Å². The zero-order valence-corrected chi connectivity index (χ0v) is 15.3. The first-order valence-electron chi connectivity index (χ1n) is 8.70. The zero-order chi connectivity index (χ0) is 18.8. The van der Waals surface area contributed by atoms with E-state index in [-0.39, 0.29) is 18.4 Å². The smallest absolute Gasteiger partial charge is 0.305 e. The molecule has 8 heteroatoms. The van der Waals surface area contributed by atoms with E-state index in [1.165, 1.54) is 11.3 Å². The number of para-hydroxylation sites is 1. The highest BCUT2D eigenvalue weighted by Gasteiger charge is 2.32. The molecular formula is C19H18N4O3S. The van der Waals surface area contributed by atoms with E-state index in [2.05, 4.69) is 10.1 Å². The summed E-state index contributed by atoms with van der Waals surface area (Å²) in [6.45, 7) is 0.579. The van der Waals surface area contributed by atoms with Crippen molar-refractivity contribution in [3.05, 3.63) is 53.8 Å². The number of aromatic nitrogens is 3. The average molecular weight is 382 g/mol. The van der Waals surface area contributed by atoms with Crippen LogP contribution in [0.3, 0.4) is 0 Å². The second-order valence-corrected chi connectivity index (χ2v) is 7.30. The Morgan fingerprint density at radius 3 is 2.85 bits per heavy atom. The van der Waals surface area contributed by atoms with Gasteiger partial charge in [-0.3, -0.25) is 9.59 Å². The normalized spacial score (nSPS) is 16.6. The van der Waals surface area contributed by atoms with Gasteiger partial charge in [0.25, 0.3) is 5.91 Å². The van der Waals surface area contributed by atoms with Crippen LogP contribution in [0.25, 0.3) is 16.3 Å². The van der Waals surface area contributed by atoms with Crippen LogP contribution in [-0.4, -0.2) is 49.2 Å². The van der Waals surface area contributed by atoms with Crippen molar-refractivity contribution in [2.75, 3.05) is 6.54 Å². The van der Waals surface area contributed by atoms with Gasteiger partial charge in [0.15, 0.2) is 0 Å². The van der Waals surface area contributed by atoms with Gasteiger partial charge in [0.1, 0.15) is 10.7 Å².